The Bertz CT molecular complexity index is 681. The smallest absolute Gasteiger partial charge is 0.220 e. The van der Waals surface area contributed by atoms with Crippen LogP contribution in [0, 0.1) is 6.92 Å². The molecule has 0 bridgehead atoms. The number of benzene rings is 1. The predicted molar refractivity (Wildman–Crippen MR) is 96.7 cm³/mol. The van der Waals surface area contributed by atoms with Gasteiger partial charge in [-0.05, 0) is 31.7 Å². The molecule has 0 saturated heterocycles. The molecule has 4 heteroatoms. The predicted octanol–water partition coefficient (Wildman–Crippen LogP) is 3.78. The number of carbonyl (C=O) groups is 1. The molecule has 1 aliphatic rings. The summed E-state index contributed by atoms with van der Waals surface area (Å²) in [5, 5.41) is 7.79. The van der Waals surface area contributed by atoms with Crippen molar-refractivity contribution in [1.82, 2.24) is 15.1 Å². The third-order valence-corrected chi connectivity index (χ3v) is 4.82. The lowest BCUT2D eigenvalue weighted by Crippen LogP contribution is -2.36. The summed E-state index contributed by atoms with van der Waals surface area (Å²) in [5.74, 6) is 0.167. The SMILES string of the molecule is Cc1ccc(-c2nn(C)cc2CCC(=O)NC2CCCCC2)cc1. The summed E-state index contributed by atoms with van der Waals surface area (Å²) < 4.78 is 1.84. The summed E-state index contributed by atoms with van der Waals surface area (Å²) in [7, 11) is 1.93. The van der Waals surface area contributed by atoms with Crippen molar-refractivity contribution < 1.29 is 4.79 Å². The number of aryl methyl sites for hydroxylation is 3. The number of amides is 1. The van der Waals surface area contributed by atoms with Crippen LogP contribution < -0.4 is 5.32 Å². The van der Waals surface area contributed by atoms with Gasteiger partial charge in [0.05, 0.1) is 5.69 Å². The molecule has 1 aromatic carbocycles. The van der Waals surface area contributed by atoms with Crippen LogP contribution in [-0.4, -0.2) is 21.7 Å². The molecule has 1 aliphatic carbocycles. The van der Waals surface area contributed by atoms with E-state index in [2.05, 4.69) is 41.6 Å². The van der Waals surface area contributed by atoms with Gasteiger partial charge in [0, 0.05) is 31.3 Å². The average Bonchev–Trinajstić information content (AvgIpc) is 2.95. The standard InChI is InChI=1S/C20H27N3O/c1-15-8-10-16(11-9-15)20-17(14-23(2)22-20)12-13-19(24)21-18-6-4-3-5-7-18/h8-11,14,18H,3-7,12-13H2,1-2H3,(H,21,24). The molecule has 1 aromatic heterocycles. The summed E-state index contributed by atoms with van der Waals surface area (Å²) in [6, 6.07) is 8.79. The van der Waals surface area contributed by atoms with E-state index >= 15 is 0 Å². The van der Waals surface area contributed by atoms with Gasteiger partial charge in [0.1, 0.15) is 0 Å². The van der Waals surface area contributed by atoms with Crippen molar-refractivity contribution in [2.24, 2.45) is 7.05 Å². The van der Waals surface area contributed by atoms with E-state index in [0.29, 0.717) is 12.5 Å². The highest BCUT2D eigenvalue weighted by Crippen LogP contribution is 2.23. The summed E-state index contributed by atoms with van der Waals surface area (Å²) >= 11 is 0. The molecule has 1 heterocycles. The van der Waals surface area contributed by atoms with E-state index in [-0.39, 0.29) is 5.91 Å². The quantitative estimate of drug-likeness (QED) is 0.909. The van der Waals surface area contributed by atoms with E-state index in [9.17, 15) is 4.79 Å². The van der Waals surface area contributed by atoms with Gasteiger partial charge in [-0.1, -0.05) is 49.1 Å². The molecule has 1 saturated carbocycles. The molecule has 0 radical (unpaired) electrons. The minimum Gasteiger partial charge on any atom is -0.353 e. The van der Waals surface area contributed by atoms with Crippen LogP contribution in [0.3, 0.4) is 0 Å². The first-order chi connectivity index (χ1) is 11.6. The fourth-order valence-corrected chi connectivity index (χ4v) is 3.47. The summed E-state index contributed by atoms with van der Waals surface area (Å²) in [6.07, 6.45) is 9.35. The molecule has 24 heavy (non-hydrogen) atoms. The van der Waals surface area contributed by atoms with Gasteiger partial charge in [-0.25, -0.2) is 0 Å². The maximum atomic E-state index is 12.2. The molecule has 1 N–H and O–H groups in total. The minimum absolute atomic E-state index is 0.167. The fraction of sp³-hybridized carbons (Fsp3) is 0.500. The Hall–Kier alpha value is -2.10. The zero-order chi connectivity index (χ0) is 16.9. The van der Waals surface area contributed by atoms with E-state index in [1.807, 2.05) is 17.9 Å². The fourth-order valence-electron chi connectivity index (χ4n) is 3.47. The van der Waals surface area contributed by atoms with Crippen LogP contribution in [0.2, 0.25) is 0 Å². The van der Waals surface area contributed by atoms with Gasteiger partial charge in [0.2, 0.25) is 5.91 Å². The number of nitrogens with zero attached hydrogens (tertiary/aromatic N) is 2. The Kier molecular flexibility index (Phi) is 5.34. The maximum absolute atomic E-state index is 12.2. The highest BCUT2D eigenvalue weighted by Gasteiger charge is 2.17. The molecular weight excluding hydrogens is 298 g/mol. The van der Waals surface area contributed by atoms with Gasteiger partial charge in [0.15, 0.2) is 0 Å². The van der Waals surface area contributed by atoms with Crippen LogP contribution in [0.4, 0.5) is 0 Å². The number of aromatic nitrogens is 2. The zero-order valence-electron chi connectivity index (χ0n) is 14.7. The molecule has 1 fully saturated rings. The van der Waals surface area contributed by atoms with Crippen molar-refractivity contribution >= 4 is 5.91 Å². The molecular formula is C20H27N3O. The van der Waals surface area contributed by atoms with Gasteiger partial charge in [0.25, 0.3) is 0 Å². The summed E-state index contributed by atoms with van der Waals surface area (Å²) in [4.78, 5) is 12.2. The summed E-state index contributed by atoms with van der Waals surface area (Å²) in [6.45, 7) is 2.08. The monoisotopic (exact) mass is 325 g/mol. The zero-order valence-corrected chi connectivity index (χ0v) is 14.7. The Labute approximate surface area is 144 Å². The van der Waals surface area contributed by atoms with Crippen LogP contribution in [0.5, 0.6) is 0 Å². The molecule has 0 unspecified atom stereocenters. The molecule has 3 rings (SSSR count). The van der Waals surface area contributed by atoms with Gasteiger partial charge in [-0.3, -0.25) is 9.48 Å². The van der Waals surface area contributed by atoms with Gasteiger partial charge < -0.3 is 5.32 Å². The first-order valence-electron chi connectivity index (χ1n) is 9.01. The van der Waals surface area contributed by atoms with Gasteiger partial charge >= 0.3 is 0 Å². The first-order valence-corrected chi connectivity index (χ1v) is 9.01. The Morgan fingerprint density at radius 2 is 1.92 bits per heavy atom. The van der Waals surface area contributed by atoms with Crippen molar-refractivity contribution in [1.29, 1.82) is 0 Å². The van der Waals surface area contributed by atoms with Crippen molar-refractivity contribution in [3.05, 3.63) is 41.6 Å². The van der Waals surface area contributed by atoms with E-state index < -0.39 is 0 Å². The summed E-state index contributed by atoms with van der Waals surface area (Å²) in [5.41, 5.74) is 4.48. The van der Waals surface area contributed by atoms with Gasteiger partial charge in [-0.15, -0.1) is 0 Å². The van der Waals surface area contributed by atoms with Crippen molar-refractivity contribution in [2.45, 2.75) is 57.9 Å². The lowest BCUT2D eigenvalue weighted by atomic mass is 9.95. The molecule has 2 aromatic rings. The second-order valence-corrected chi connectivity index (χ2v) is 6.95. The van der Waals surface area contributed by atoms with Crippen LogP contribution >= 0.6 is 0 Å². The van der Waals surface area contributed by atoms with Crippen LogP contribution in [0.1, 0.15) is 49.7 Å². The van der Waals surface area contributed by atoms with Crippen LogP contribution in [0.25, 0.3) is 11.3 Å². The third-order valence-electron chi connectivity index (χ3n) is 4.82. The maximum Gasteiger partial charge on any atom is 0.220 e. The Morgan fingerprint density at radius 3 is 2.62 bits per heavy atom. The van der Waals surface area contributed by atoms with Crippen molar-refractivity contribution in [3.63, 3.8) is 0 Å². The number of rotatable bonds is 5. The Balaban J connectivity index is 1.62. The minimum atomic E-state index is 0.167. The van der Waals surface area contributed by atoms with E-state index in [4.69, 9.17) is 0 Å². The molecule has 0 atom stereocenters. The lowest BCUT2D eigenvalue weighted by molar-refractivity contribution is -0.121. The number of hydrogen-bond acceptors (Lipinski definition) is 2. The second kappa shape index (κ2) is 7.65. The second-order valence-electron chi connectivity index (χ2n) is 6.95. The van der Waals surface area contributed by atoms with Crippen molar-refractivity contribution in [2.75, 3.05) is 0 Å². The average molecular weight is 325 g/mol. The number of carbonyl (C=O) groups excluding carboxylic acids is 1. The van der Waals surface area contributed by atoms with Crippen LogP contribution in [-0.2, 0) is 18.3 Å². The third kappa shape index (κ3) is 4.25. The lowest BCUT2D eigenvalue weighted by Gasteiger charge is -2.22. The largest absolute Gasteiger partial charge is 0.353 e. The highest BCUT2D eigenvalue weighted by molar-refractivity contribution is 5.77. The van der Waals surface area contributed by atoms with Crippen LogP contribution in [0.15, 0.2) is 30.5 Å². The van der Waals surface area contributed by atoms with E-state index in [1.54, 1.807) is 0 Å². The topological polar surface area (TPSA) is 46.9 Å². The molecule has 0 spiro atoms. The normalized spacial score (nSPS) is 15.4. The highest BCUT2D eigenvalue weighted by atomic mass is 16.1. The number of hydrogen-bond donors (Lipinski definition) is 1. The van der Waals surface area contributed by atoms with Crippen molar-refractivity contribution in [3.8, 4) is 11.3 Å². The molecule has 0 aliphatic heterocycles. The first kappa shape index (κ1) is 16.7. The Morgan fingerprint density at radius 1 is 1.21 bits per heavy atom. The molecule has 128 valence electrons. The van der Waals surface area contributed by atoms with E-state index in [1.165, 1.54) is 24.8 Å². The number of nitrogens with one attached hydrogen (secondary N) is 1. The van der Waals surface area contributed by atoms with E-state index in [0.717, 1.165) is 36.1 Å². The molecule has 4 nitrogen and oxygen atoms in total. The van der Waals surface area contributed by atoms with Gasteiger partial charge in [-0.2, -0.15) is 5.10 Å². The molecule has 1 amide bonds.